The van der Waals surface area contributed by atoms with Crippen LogP contribution in [-0.2, 0) is 6.42 Å². The SMILES string of the molecule is NCCc1ccc(Cl)c(C(N)=O)c1. The molecule has 1 aromatic rings. The van der Waals surface area contributed by atoms with E-state index in [1.165, 1.54) is 0 Å². The predicted molar refractivity (Wildman–Crippen MR) is 52.7 cm³/mol. The number of rotatable bonds is 3. The monoisotopic (exact) mass is 198 g/mol. The maximum atomic E-state index is 10.9. The fraction of sp³-hybridized carbons (Fsp3) is 0.222. The maximum absolute atomic E-state index is 10.9. The van der Waals surface area contributed by atoms with Gasteiger partial charge >= 0.3 is 0 Å². The summed E-state index contributed by atoms with van der Waals surface area (Å²) in [6.45, 7) is 0.542. The molecule has 0 aromatic heterocycles. The van der Waals surface area contributed by atoms with Crippen molar-refractivity contribution in [3.05, 3.63) is 34.3 Å². The van der Waals surface area contributed by atoms with E-state index in [0.29, 0.717) is 17.1 Å². The zero-order valence-corrected chi connectivity index (χ0v) is 7.84. The highest BCUT2D eigenvalue weighted by Crippen LogP contribution is 2.17. The van der Waals surface area contributed by atoms with Crippen molar-refractivity contribution >= 4 is 17.5 Å². The Morgan fingerprint density at radius 1 is 1.46 bits per heavy atom. The molecule has 70 valence electrons. The van der Waals surface area contributed by atoms with Gasteiger partial charge in [0, 0.05) is 0 Å². The lowest BCUT2D eigenvalue weighted by Gasteiger charge is -2.03. The summed E-state index contributed by atoms with van der Waals surface area (Å²) in [6.07, 6.45) is 0.720. The average Bonchev–Trinajstić information content (AvgIpc) is 2.08. The fourth-order valence-corrected chi connectivity index (χ4v) is 1.29. The molecule has 4 N–H and O–H groups in total. The fourth-order valence-electron chi connectivity index (χ4n) is 1.08. The lowest BCUT2D eigenvalue weighted by molar-refractivity contribution is 0.100. The molecule has 0 atom stereocenters. The Bertz CT molecular complexity index is 325. The predicted octanol–water partition coefficient (Wildman–Crippen LogP) is 0.940. The summed E-state index contributed by atoms with van der Waals surface area (Å²) >= 11 is 5.76. The second-order valence-corrected chi connectivity index (χ2v) is 3.12. The Morgan fingerprint density at radius 2 is 2.15 bits per heavy atom. The van der Waals surface area contributed by atoms with Crippen LogP contribution in [0.3, 0.4) is 0 Å². The Kier molecular flexibility index (Phi) is 3.28. The van der Waals surface area contributed by atoms with Crippen LogP contribution in [0.4, 0.5) is 0 Å². The van der Waals surface area contributed by atoms with Crippen molar-refractivity contribution in [3.63, 3.8) is 0 Å². The molecular formula is C9H11ClN2O. The topological polar surface area (TPSA) is 69.1 Å². The first-order valence-corrected chi connectivity index (χ1v) is 4.31. The molecule has 0 aliphatic rings. The molecule has 0 saturated heterocycles. The van der Waals surface area contributed by atoms with Crippen LogP contribution < -0.4 is 11.5 Å². The normalized spacial score (nSPS) is 10.0. The van der Waals surface area contributed by atoms with Crippen LogP contribution in [0, 0.1) is 0 Å². The molecule has 1 aromatic carbocycles. The first kappa shape index (κ1) is 10.0. The molecule has 3 nitrogen and oxygen atoms in total. The van der Waals surface area contributed by atoms with Gasteiger partial charge in [0.2, 0.25) is 5.91 Å². The second kappa shape index (κ2) is 4.25. The third-order valence-electron chi connectivity index (χ3n) is 1.73. The smallest absolute Gasteiger partial charge is 0.250 e. The minimum atomic E-state index is -0.510. The van der Waals surface area contributed by atoms with Gasteiger partial charge in [0.15, 0.2) is 0 Å². The zero-order chi connectivity index (χ0) is 9.84. The van der Waals surface area contributed by atoms with E-state index in [-0.39, 0.29) is 0 Å². The van der Waals surface area contributed by atoms with Gasteiger partial charge in [0.05, 0.1) is 10.6 Å². The highest BCUT2D eigenvalue weighted by atomic mass is 35.5. The van der Waals surface area contributed by atoms with E-state index < -0.39 is 5.91 Å². The third kappa shape index (κ3) is 2.44. The van der Waals surface area contributed by atoms with E-state index in [1.807, 2.05) is 6.07 Å². The van der Waals surface area contributed by atoms with Gasteiger partial charge in [-0.3, -0.25) is 4.79 Å². The van der Waals surface area contributed by atoms with Gasteiger partial charge in [-0.1, -0.05) is 17.7 Å². The van der Waals surface area contributed by atoms with Crippen LogP contribution in [0.2, 0.25) is 5.02 Å². The van der Waals surface area contributed by atoms with E-state index in [9.17, 15) is 4.79 Å². The van der Waals surface area contributed by atoms with Crippen molar-refractivity contribution in [1.29, 1.82) is 0 Å². The van der Waals surface area contributed by atoms with Crippen molar-refractivity contribution < 1.29 is 4.79 Å². The molecule has 1 amide bonds. The summed E-state index contributed by atoms with van der Waals surface area (Å²) in [4.78, 5) is 10.9. The first-order valence-electron chi connectivity index (χ1n) is 3.93. The first-order chi connectivity index (χ1) is 6.15. The summed E-state index contributed by atoms with van der Waals surface area (Å²) in [5, 5.41) is 0.383. The number of carbonyl (C=O) groups excluding carboxylic acids is 1. The molecule has 0 aliphatic heterocycles. The van der Waals surface area contributed by atoms with Crippen LogP contribution >= 0.6 is 11.6 Å². The van der Waals surface area contributed by atoms with Crippen LogP contribution in [0.1, 0.15) is 15.9 Å². The van der Waals surface area contributed by atoms with Crippen molar-refractivity contribution in [3.8, 4) is 0 Å². The third-order valence-corrected chi connectivity index (χ3v) is 2.06. The Balaban J connectivity index is 3.04. The van der Waals surface area contributed by atoms with E-state index in [4.69, 9.17) is 23.1 Å². The summed E-state index contributed by atoms with van der Waals surface area (Å²) in [5.41, 5.74) is 11.8. The molecule has 0 heterocycles. The number of benzene rings is 1. The summed E-state index contributed by atoms with van der Waals surface area (Å²) in [5.74, 6) is -0.510. The molecule has 0 saturated carbocycles. The quantitative estimate of drug-likeness (QED) is 0.759. The van der Waals surface area contributed by atoms with Crippen molar-refractivity contribution in [2.75, 3.05) is 6.54 Å². The van der Waals surface area contributed by atoms with Crippen LogP contribution in [-0.4, -0.2) is 12.5 Å². The molecule has 1 rings (SSSR count). The minimum Gasteiger partial charge on any atom is -0.366 e. The van der Waals surface area contributed by atoms with Gasteiger partial charge in [-0.2, -0.15) is 0 Å². The zero-order valence-electron chi connectivity index (χ0n) is 7.09. The maximum Gasteiger partial charge on any atom is 0.250 e. The number of hydrogen-bond acceptors (Lipinski definition) is 2. The average molecular weight is 199 g/mol. The minimum absolute atomic E-state index is 0.354. The Morgan fingerprint density at radius 3 is 2.69 bits per heavy atom. The van der Waals surface area contributed by atoms with E-state index in [1.54, 1.807) is 12.1 Å². The van der Waals surface area contributed by atoms with Crippen molar-refractivity contribution in [1.82, 2.24) is 0 Å². The van der Waals surface area contributed by atoms with Gasteiger partial charge in [0.25, 0.3) is 0 Å². The van der Waals surface area contributed by atoms with Gasteiger partial charge in [-0.25, -0.2) is 0 Å². The molecule has 0 aliphatic carbocycles. The Hall–Kier alpha value is -1.06. The summed E-state index contributed by atoms with van der Waals surface area (Å²) in [6, 6.07) is 5.17. The van der Waals surface area contributed by atoms with Gasteiger partial charge < -0.3 is 11.5 Å². The lowest BCUT2D eigenvalue weighted by Crippen LogP contribution is -2.12. The van der Waals surface area contributed by atoms with E-state index in [2.05, 4.69) is 0 Å². The van der Waals surface area contributed by atoms with E-state index >= 15 is 0 Å². The molecular weight excluding hydrogens is 188 g/mol. The molecule has 0 radical (unpaired) electrons. The number of halogens is 1. The molecule has 0 bridgehead atoms. The second-order valence-electron chi connectivity index (χ2n) is 2.72. The highest BCUT2D eigenvalue weighted by molar-refractivity contribution is 6.33. The van der Waals surface area contributed by atoms with Crippen LogP contribution in [0.5, 0.6) is 0 Å². The number of carbonyl (C=O) groups is 1. The largest absolute Gasteiger partial charge is 0.366 e. The van der Waals surface area contributed by atoms with E-state index in [0.717, 1.165) is 12.0 Å². The molecule has 0 fully saturated rings. The summed E-state index contributed by atoms with van der Waals surface area (Å²) < 4.78 is 0. The van der Waals surface area contributed by atoms with Crippen molar-refractivity contribution in [2.45, 2.75) is 6.42 Å². The number of nitrogens with two attached hydrogens (primary N) is 2. The lowest BCUT2D eigenvalue weighted by atomic mass is 10.1. The van der Waals surface area contributed by atoms with Gasteiger partial charge in [-0.15, -0.1) is 0 Å². The highest BCUT2D eigenvalue weighted by Gasteiger charge is 2.06. The number of amides is 1. The molecule has 13 heavy (non-hydrogen) atoms. The van der Waals surface area contributed by atoms with Crippen LogP contribution in [0.25, 0.3) is 0 Å². The standard InChI is InChI=1S/C9H11ClN2O/c10-8-2-1-6(3-4-11)5-7(8)9(12)13/h1-2,5H,3-4,11H2,(H2,12,13). The molecule has 0 unspecified atom stereocenters. The van der Waals surface area contributed by atoms with Gasteiger partial charge in [-0.05, 0) is 30.7 Å². The molecule has 0 spiro atoms. The number of primary amides is 1. The Labute approximate surface area is 81.7 Å². The number of hydrogen-bond donors (Lipinski definition) is 2. The van der Waals surface area contributed by atoms with Crippen molar-refractivity contribution in [2.24, 2.45) is 11.5 Å². The summed E-state index contributed by atoms with van der Waals surface area (Å²) in [7, 11) is 0. The van der Waals surface area contributed by atoms with Gasteiger partial charge in [0.1, 0.15) is 0 Å². The van der Waals surface area contributed by atoms with Crippen LogP contribution in [0.15, 0.2) is 18.2 Å². The molecule has 4 heteroatoms.